The first kappa shape index (κ1) is 14.0. The van der Waals surface area contributed by atoms with Crippen LogP contribution in [-0.2, 0) is 0 Å². The van der Waals surface area contributed by atoms with E-state index in [0.717, 1.165) is 20.0 Å². The molecule has 0 saturated carbocycles. The maximum absolute atomic E-state index is 7.64. The summed E-state index contributed by atoms with van der Waals surface area (Å²) in [5.41, 5.74) is 6.32. The van der Waals surface area contributed by atoms with Gasteiger partial charge in [0, 0.05) is 19.8 Å². The predicted octanol–water partition coefficient (Wildman–Crippen LogP) is 3.89. The van der Waals surface area contributed by atoms with E-state index in [1.165, 1.54) is 0 Å². The predicted molar refractivity (Wildman–Crippen MR) is 82.3 cm³/mol. The SMILES string of the molecule is COc1ccc(C(=N)N)c(Sc2ccccc2Br)c1. The molecular weight excluding hydrogens is 324 g/mol. The van der Waals surface area contributed by atoms with Crippen LogP contribution in [0.5, 0.6) is 5.75 Å². The van der Waals surface area contributed by atoms with Crippen LogP contribution in [-0.4, -0.2) is 12.9 Å². The van der Waals surface area contributed by atoms with Gasteiger partial charge in [0.1, 0.15) is 11.6 Å². The zero-order valence-electron chi connectivity index (χ0n) is 10.3. The Morgan fingerprint density at radius 3 is 2.58 bits per heavy atom. The molecule has 5 heteroatoms. The van der Waals surface area contributed by atoms with Gasteiger partial charge < -0.3 is 10.5 Å². The van der Waals surface area contributed by atoms with E-state index < -0.39 is 0 Å². The standard InChI is InChI=1S/C14H13BrN2OS/c1-18-9-6-7-10(14(16)17)13(8-9)19-12-5-3-2-4-11(12)15/h2-8H,1H3,(H3,16,17). The second-order valence-corrected chi connectivity index (χ2v) is 5.75. The largest absolute Gasteiger partial charge is 0.497 e. The molecule has 2 aromatic rings. The van der Waals surface area contributed by atoms with Gasteiger partial charge in [-0.3, -0.25) is 5.41 Å². The van der Waals surface area contributed by atoms with E-state index >= 15 is 0 Å². The Morgan fingerprint density at radius 2 is 1.95 bits per heavy atom. The normalized spacial score (nSPS) is 10.2. The van der Waals surface area contributed by atoms with Crippen molar-refractivity contribution in [1.29, 1.82) is 5.41 Å². The highest BCUT2D eigenvalue weighted by Crippen LogP contribution is 2.36. The summed E-state index contributed by atoms with van der Waals surface area (Å²) in [6, 6.07) is 13.4. The Kier molecular flexibility index (Phi) is 4.50. The van der Waals surface area contributed by atoms with Crippen molar-refractivity contribution in [2.24, 2.45) is 5.73 Å². The summed E-state index contributed by atoms with van der Waals surface area (Å²) in [6.45, 7) is 0. The fourth-order valence-electron chi connectivity index (χ4n) is 1.58. The first-order chi connectivity index (χ1) is 9.11. The van der Waals surface area contributed by atoms with Crippen molar-refractivity contribution in [3.63, 3.8) is 0 Å². The second kappa shape index (κ2) is 6.12. The van der Waals surface area contributed by atoms with Crippen molar-refractivity contribution >= 4 is 33.5 Å². The number of nitrogens with one attached hydrogen (secondary N) is 1. The van der Waals surface area contributed by atoms with Crippen molar-refractivity contribution in [2.45, 2.75) is 9.79 Å². The Morgan fingerprint density at radius 1 is 1.21 bits per heavy atom. The molecule has 3 nitrogen and oxygen atoms in total. The Balaban J connectivity index is 2.43. The molecule has 0 atom stereocenters. The van der Waals surface area contributed by atoms with Crippen molar-refractivity contribution in [2.75, 3.05) is 7.11 Å². The fraction of sp³-hybridized carbons (Fsp3) is 0.0714. The summed E-state index contributed by atoms with van der Waals surface area (Å²) in [7, 11) is 1.62. The van der Waals surface area contributed by atoms with Crippen LogP contribution >= 0.6 is 27.7 Å². The quantitative estimate of drug-likeness (QED) is 0.657. The molecular formula is C14H13BrN2OS. The molecule has 0 unspecified atom stereocenters. The third-order valence-electron chi connectivity index (χ3n) is 2.54. The summed E-state index contributed by atoms with van der Waals surface area (Å²) in [6.07, 6.45) is 0. The lowest BCUT2D eigenvalue weighted by Crippen LogP contribution is -2.12. The third kappa shape index (κ3) is 3.30. The number of methoxy groups -OCH3 is 1. The Labute approximate surface area is 124 Å². The molecule has 0 aromatic heterocycles. The average molecular weight is 337 g/mol. The van der Waals surface area contributed by atoms with Crippen molar-refractivity contribution in [3.05, 3.63) is 52.5 Å². The lowest BCUT2D eigenvalue weighted by Gasteiger charge is -2.11. The Hall–Kier alpha value is -1.46. The van der Waals surface area contributed by atoms with Crippen LogP contribution in [0.1, 0.15) is 5.56 Å². The van der Waals surface area contributed by atoms with E-state index in [1.807, 2.05) is 30.3 Å². The van der Waals surface area contributed by atoms with Gasteiger partial charge in [0.2, 0.25) is 0 Å². The van der Waals surface area contributed by atoms with Crippen LogP contribution in [0.25, 0.3) is 0 Å². The van der Waals surface area contributed by atoms with E-state index in [2.05, 4.69) is 15.9 Å². The summed E-state index contributed by atoms with van der Waals surface area (Å²) in [4.78, 5) is 1.97. The van der Waals surface area contributed by atoms with E-state index in [-0.39, 0.29) is 5.84 Å². The van der Waals surface area contributed by atoms with Gasteiger partial charge >= 0.3 is 0 Å². The zero-order valence-corrected chi connectivity index (χ0v) is 12.7. The molecule has 0 radical (unpaired) electrons. The summed E-state index contributed by atoms with van der Waals surface area (Å²) in [5, 5.41) is 7.64. The molecule has 98 valence electrons. The molecule has 0 aliphatic carbocycles. The van der Waals surface area contributed by atoms with E-state index in [9.17, 15) is 0 Å². The number of rotatable bonds is 4. The zero-order chi connectivity index (χ0) is 13.8. The van der Waals surface area contributed by atoms with Crippen LogP contribution in [0.3, 0.4) is 0 Å². The van der Waals surface area contributed by atoms with Crippen LogP contribution < -0.4 is 10.5 Å². The van der Waals surface area contributed by atoms with E-state index in [0.29, 0.717) is 5.56 Å². The topological polar surface area (TPSA) is 59.1 Å². The van der Waals surface area contributed by atoms with Crippen LogP contribution in [0, 0.1) is 5.41 Å². The monoisotopic (exact) mass is 336 g/mol. The number of benzene rings is 2. The lowest BCUT2D eigenvalue weighted by atomic mass is 10.2. The molecule has 0 saturated heterocycles. The summed E-state index contributed by atoms with van der Waals surface area (Å²) >= 11 is 5.06. The molecule has 0 fully saturated rings. The molecule has 2 rings (SSSR count). The lowest BCUT2D eigenvalue weighted by molar-refractivity contribution is 0.413. The van der Waals surface area contributed by atoms with Gasteiger partial charge in [0.05, 0.1) is 7.11 Å². The number of hydrogen-bond donors (Lipinski definition) is 2. The minimum absolute atomic E-state index is 0.0530. The first-order valence-electron chi connectivity index (χ1n) is 5.56. The van der Waals surface area contributed by atoms with Gasteiger partial charge in [0.15, 0.2) is 0 Å². The van der Waals surface area contributed by atoms with Crippen LogP contribution in [0.2, 0.25) is 0 Å². The number of nitrogens with two attached hydrogens (primary N) is 1. The maximum atomic E-state index is 7.64. The molecule has 3 N–H and O–H groups in total. The fourth-order valence-corrected chi connectivity index (χ4v) is 3.12. The number of amidine groups is 1. The highest BCUT2D eigenvalue weighted by Gasteiger charge is 2.10. The van der Waals surface area contributed by atoms with E-state index in [1.54, 1.807) is 31.0 Å². The van der Waals surface area contributed by atoms with Crippen molar-refractivity contribution < 1.29 is 4.74 Å². The molecule has 0 spiro atoms. The molecule has 0 aliphatic rings. The highest BCUT2D eigenvalue weighted by atomic mass is 79.9. The van der Waals surface area contributed by atoms with Gasteiger partial charge in [-0.15, -0.1) is 0 Å². The molecule has 0 heterocycles. The number of nitrogen functional groups attached to an aromatic ring is 1. The van der Waals surface area contributed by atoms with Gasteiger partial charge in [-0.1, -0.05) is 23.9 Å². The van der Waals surface area contributed by atoms with E-state index in [4.69, 9.17) is 15.9 Å². The maximum Gasteiger partial charge on any atom is 0.123 e. The number of hydrogen-bond acceptors (Lipinski definition) is 3. The molecule has 19 heavy (non-hydrogen) atoms. The number of ether oxygens (including phenoxy) is 1. The van der Waals surface area contributed by atoms with Gasteiger partial charge in [0.25, 0.3) is 0 Å². The van der Waals surface area contributed by atoms with Gasteiger partial charge in [-0.2, -0.15) is 0 Å². The summed E-state index contributed by atoms with van der Waals surface area (Å²) in [5.74, 6) is 0.803. The minimum Gasteiger partial charge on any atom is -0.497 e. The molecule has 0 aliphatic heterocycles. The first-order valence-corrected chi connectivity index (χ1v) is 7.17. The Bertz CT molecular complexity index is 616. The highest BCUT2D eigenvalue weighted by molar-refractivity contribution is 9.10. The van der Waals surface area contributed by atoms with Gasteiger partial charge in [-0.05, 0) is 46.3 Å². The van der Waals surface area contributed by atoms with Gasteiger partial charge in [-0.25, -0.2) is 0 Å². The molecule has 0 amide bonds. The van der Waals surface area contributed by atoms with Crippen molar-refractivity contribution in [3.8, 4) is 5.75 Å². The van der Waals surface area contributed by atoms with Crippen LogP contribution in [0.4, 0.5) is 0 Å². The van der Waals surface area contributed by atoms with Crippen LogP contribution in [0.15, 0.2) is 56.7 Å². The average Bonchev–Trinajstić information content (AvgIpc) is 2.41. The molecule has 0 bridgehead atoms. The summed E-state index contributed by atoms with van der Waals surface area (Å²) < 4.78 is 6.23. The van der Waals surface area contributed by atoms with Crippen molar-refractivity contribution in [1.82, 2.24) is 0 Å². The minimum atomic E-state index is 0.0530. The second-order valence-electron chi connectivity index (χ2n) is 3.81. The third-order valence-corrected chi connectivity index (χ3v) is 4.62. The smallest absolute Gasteiger partial charge is 0.123 e. The number of halogens is 1. The molecule has 2 aromatic carbocycles.